The van der Waals surface area contributed by atoms with Crippen LogP contribution in [0.15, 0.2) is 113 Å². The standard InChI is InChI=1S/C28H23N5O4S/c1-32-26-15-9-8-14-23(26)24(28(32)20-10-4-2-5-11-20)19-29-30-25-17-16-22(18-27(25)33(34)35)38(36,37)31-21-12-6-3-7-13-21/h2-19,30-31H,1H3. The second kappa shape index (κ2) is 10.2. The Bertz CT molecular complexity index is 1770. The van der Waals surface area contributed by atoms with Crippen molar-refractivity contribution in [2.45, 2.75) is 4.90 Å². The Balaban J connectivity index is 1.48. The van der Waals surface area contributed by atoms with Crippen LogP contribution < -0.4 is 10.1 Å². The van der Waals surface area contributed by atoms with Crippen LogP contribution in [0.2, 0.25) is 0 Å². The highest BCUT2D eigenvalue weighted by molar-refractivity contribution is 7.92. The molecule has 5 aromatic rings. The molecule has 38 heavy (non-hydrogen) atoms. The van der Waals surface area contributed by atoms with Crippen LogP contribution in [-0.2, 0) is 17.1 Å². The molecule has 190 valence electrons. The SMILES string of the molecule is Cn1c(-c2ccccc2)c(C=NNc2ccc(S(=O)(=O)Nc3ccccc3)cc2[N+](=O)[O-])c2ccccc21. The van der Waals surface area contributed by atoms with Crippen LogP contribution >= 0.6 is 0 Å². The first kappa shape index (κ1) is 24.7. The zero-order chi connectivity index (χ0) is 26.7. The summed E-state index contributed by atoms with van der Waals surface area (Å²) in [5.74, 6) is 0. The van der Waals surface area contributed by atoms with Crippen molar-refractivity contribution < 1.29 is 13.3 Å². The van der Waals surface area contributed by atoms with Crippen molar-refractivity contribution in [3.05, 3.63) is 119 Å². The molecule has 5 rings (SSSR count). The zero-order valence-corrected chi connectivity index (χ0v) is 21.1. The number of hydrazone groups is 1. The number of nitro groups is 1. The van der Waals surface area contributed by atoms with Gasteiger partial charge in [-0.05, 0) is 35.9 Å². The monoisotopic (exact) mass is 525 g/mol. The topological polar surface area (TPSA) is 119 Å². The van der Waals surface area contributed by atoms with Gasteiger partial charge in [0.25, 0.3) is 15.7 Å². The molecule has 0 bridgehead atoms. The number of nitrogens with zero attached hydrogens (tertiary/aromatic N) is 3. The summed E-state index contributed by atoms with van der Waals surface area (Å²) in [6.45, 7) is 0. The summed E-state index contributed by atoms with van der Waals surface area (Å²) in [5, 5.41) is 17.1. The van der Waals surface area contributed by atoms with Gasteiger partial charge in [-0.3, -0.25) is 20.3 Å². The first-order valence-electron chi connectivity index (χ1n) is 11.6. The van der Waals surface area contributed by atoms with Crippen LogP contribution in [0.4, 0.5) is 17.1 Å². The number of sulfonamides is 1. The van der Waals surface area contributed by atoms with E-state index in [2.05, 4.69) is 19.8 Å². The number of rotatable bonds is 8. The average molecular weight is 526 g/mol. The molecule has 4 aromatic carbocycles. The van der Waals surface area contributed by atoms with E-state index in [0.717, 1.165) is 33.8 Å². The predicted octanol–water partition coefficient (Wildman–Crippen LogP) is 6.00. The van der Waals surface area contributed by atoms with Crippen molar-refractivity contribution in [3.63, 3.8) is 0 Å². The smallest absolute Gasteiger partial charge is 0.295 e. The molecule has 0 amide bonds. The Kier molecular flexibility index (Phi) is 6.63. The normalized spacial score (nSPS) is 11.6. The molecule has 2 N–H and O–H groups in total. The molecule has 0 unspecified atom stereocenters. The van der Waals surface area contributed by atoms with Crippen LogP contribution in [0.25, 0.3) is 22.2 Å². The van der Waals surface area contributed by atoms with Gasteiger partial charge in [-0.15, -0.1) is 0 Å². The fraction of sp³-hybridized carbons (Fsp3) is 0.0357. The summed E-state index contributed by atoms with van der Waals surface area (Å²) in [7, 11) is -2.06. The van der Waals surface area contributed by atoms with E-state index in [1.54, 1.807) is 36.5 Å². The second-order valence-electron chi connectivity index (χ2n) is 8.48. The van der Waals surface area contributed by atoms with Gasteiger partial charge in [0.15, 0.2) is 0 Å². The Morgan fingerprint density at radius 3 is 2.26 bits per heavy atom. The number of aromatic nitrogens is 1. The largest absolute Gasteiger partial charge is 0.343 e. The lowest BCUT2D eigenvalue weighted by molar-refractivity contribution is -0.384. The molecule has 0 aliphatic heterocycles. The molecule has 1 heterocycles. The highest BCUT2D eigenvalue weighted by Crippen LogP contribution is 2.32. The fourth-order valence-electron chi connectivity index (χ4n) is 4.31. The minimum atomic E-state index is -4.03. The quantitative estimate of drug-likeness (QED) is 0.146. The first-order chi connectivity index (χ1) is 18.3. The van der Waals surface area contributed by atoms with Crippen molar-refractivity contribution in [2.24, 2.45) is 12.1 Å². The van der Waals surface area contributed by atoms with Crippen molar-refractivity contribution in [1.29, 1.82) is 0 Å². The second-order valence-corrected chi connectivity index (χ2v) is 10.2. The van der Waals surface area contributed by atoms with E-state index < -0.39 is 20.6 Å². The Morgan fingerprint density at radius 2 is 1.55 bits per heavy atom. The lowest BCUT2D eigenvalue weighted by atomic mass is 10.1. The number of hydrogen-bond acceptors (Lipinski definition) is 6. The van der Waals surface area contributed by atoms with Crippen LogP contribution in [0.5, 0.6) is 0 Å². The number of nitrogens with one attached hydrogen (secondary N) is 2. The van der Waals surface area contributed by atoms with Crippen molar-refractivity contribution in [3.8, 4) is 11.3 Å². The van der Waals surface area contributed by atoms with Crippen molar-refractivity contribution in [1.82, 2.24) is 4.57 Å². The molecular formula is C28H23N5O4S. The van der Waals surface area contributed by atoms with Crippen molar-refractivity contribution in [2.75, 3.05) is 10.1 Å². The maximum Gasteiger partial charge on any atom is 0.295 e. The maximum absolute atomic E-state index is 12.8. The third-order valence-corrected chi connectivity index (χ3v) is 7.45. The van der Waals surface area contributed by atoms with Gasteiger partial charge in [-0.2, -0.15) is 5.10 Å². The summed E-state index contributed by atoms with van der Waals surface area (Å²) < 4.78 is 30.1. The van der Waals surface area contributed by atoms with Gasteiger partial charge in [-0.1, -0.05) is 66.7 Å². The van der Waals surface area contributed by atoms with E-state index in [9.17, 15) is 18.5 Å². The molecule has 0 aliphatic carbocycles. The van der Waals surface area contributed by atoms with Gasteiger partial charge in [0.05, 0.1) is 21.7 Å². The minimum Gasteiger partial charge on any atom is -0.343 e. The van der Waals surface area contributed by atoms with Gasteiger partial charge in [-0.25, -0.2) is 8.42 Å². The molecule has 10 heteroatoms. The zero-order valence-electron chi connectivity index (χ0n) is 20.3. The van der Waals surface area contributed by atoms with Crippen LogP contribution in [0, 0.1) is 10.1 Å². The number of para-hydroxylation sites is 2. The van der Waals surface area contributed by atoms with Gasteiger partial charge in [0, 0.05) is 35.3 Å². The maximum atomic E-state index is 12.8. The van der Waals surface area contributed by atoms with E-state index in [4.69, 9.17) is 0 Å². The third kappa shape index (κ3) is 4.84. The van der Waals surface area contributed by atoms with E-state index in [1.807, 2.05) is 61.6 Å². The molecule has 0 atom stereocenters. The molecule has 0 radical (unpaired) electrons. The van der Waals surface area contributed by atoms with Crippen LogP contribution in [0.1, 0.15) is 5.56 Å². The van der Waals surface area contributed by atoms with Gasteiger partial charge in [0.1, 0.15) is 5.69 Å². The number of fused-ring (bicyclic) bond motifs is 1. The highest BCUT2D eigenvalue weighted by atomic mass is 32.2. The summed E-state index contributed by atoms with van der Waals surface area (Å²) in [6.07, 6.45) is 1.62. The average Bonchev–Trinajstić information content (AvgIpc) is 3.21. The Hall–Kier alpha value is -4.96. The van der Waals surface area contributed by atoms with E-state index >= 15 is 0 Å². The number of hydrogen-bond donors (Lipinski definition) is 2. The summed E-state index contributed by atoms with van der Waals surface area (Å²) in [4.78, 5) is 10.9. The molecule has 0 spiro atoms. The molecule has 1 aromatic heterocycles. The van der Waals surface area contributed by atoms with Gasteiger partial charge < -0.3 is 4.57 Å². The predicted molar refractivity (Wildman–Crippen MR) is 150 cm³/mol. The molecule has 9 nitrogen and oxygen atoms in total. The minimum absolute atomic E-state index is 0.0615. The summed E-state index contributed by atoms with van der Waals surface area (Å²) >= 11 is 0. The molecule has 0 saturated carbocycles. The summed E-state index contributed by atoms with van der Waals surface area (Å²) in [6, 6.07) is 29.7. The van der Waals surface area contributed by atoms with Crippen molar-refractivity contribution >= 4 is 44.2 Å². The molecule has 0 aliphatic rings. The van der Waals surface area contributed by atoms with Gasteiger partial charge >= 0.3 is 0 Å². The van der Waals surface area contributed by atoms with E-state index in [-0.39, 0.29) is 10.6 Å². The lowest BCUT2D eigenvalue weighted by Gasteiger charge is -2.09. The Morgan fingerprint density at radius 1 is 0.895 bits per heavy atom. The number of benzene rings is 4. The summed E-state index contributed by atoms with van der Waals surface area (Å²) in [5.41, 5.74) is 6.52. The molecular weight excluding hydrogens is 502 g/mol. The van der Waals surface area contributed by atoms with E-state index in [0.29, 0.717) is 5.69 Å². The first-order valence-corrected chi connectivity index (χ1v) is 13.1. The third-order valence-electron chi connectivity index (χ3n) is 6.07. The molecule has 0 fully saturated rings. The highest BCUT2D eigenvalue weighted by Gasteiger charge is 2.22. The van der Waals surface area contributed by atoms with Crippen LogP contribution in [0.3, 0.4) is 0 Å². The Labute approximate surface area is 219 Å². The van der Waals surface area contributed by atoms with Gasteiger partial charge in [0.2, 0.25) is 0 Å². The molecule has 0 saturated heterocycles. The fourth-order valence-corrected chi connectivity index (χ4v) is 5.39. The lowest BCUT2D eigenvalue weighted by Crippen LogP contribution is -2.13. The van der Waals surface area contributed by atoms with E-state index in [1.165, 1.54) is 12.1 Å². The number of anilines is 2. The van der Waals surface area contributed by atoms with Crippen LogP contribution in [-0.4, -0.2) is 24.1 Å². The number of nitro benzene ring substituents is 1. The number of aryl methyl sites for hydroxylation is 1.